The lowest BCUT2D eigenvalue weighted by atomic mass is 10.1. The van der Waals surface area contributed by atoms with Crippen LogP contribution in [0.2, 0.25) is 0 Å². The molecule has 2 aromatic rings. The van der Waals surface area contributed by atoms with Crippen molar-refractivity contribution in [2.45, 2.75) is 6.42 Å². The Hall–Kier alpha value is -2.71. The Morgan fingerprint density at radius 3 is 2.86 bits per heavy atom. The molecule has 0 aliphatic carbocycles. The summed E-state index contributed by atoms with van der Waals surface area (Å²) in [6.45, 7) is -0.00781. The molecule has 0 bridgehead atoms. The van der Waals surface area contributed by atoms with Crippen molar-refractivity contribution in [3.8, 4) is 11.8 Å². The van der Waals surface area contributed by atoms with Crippen LogP contribution in [0.3, 0.4) is 0 Å². The van der Waals surface area contributed by atoms with E-state index in [1.165, 1.54) is 4.90 Å². The number of pyridine rings is 2. The van der Waals surface area contributed by atoms with Crippen molar-refractivity contribution >= 4 is 11.6 Å². The molecule has 0 atom stereocenters. The number of hydrogen-bond acceptors (Lipinski definition) is 4. The van der Waals surface area contributed by atoms with Crippen LogP contribution in [-0.2, 0) is 0 Å². The molecule has 1 N–H and O–H groups in total. The van der Waals surface area contributed by atoms with E-state index in [9.17, 15) is 4.79 Å². The Morgan fingerprint density at radius 2 is 2.14 bits per heavy atom. The number of aromatic nitrogens is 2. The molecular formula is C16H15N3O2. The van der Waals surface area contributed by atoms with Crippen LogP contribution in [0.5, 0.6) is 0 Å². The summed E-state index contributed by atoms with van der Waals surface area (Å²) in [5.74, 6) is 5.42. The average molecular weight is 281 g/mol. The first-order valence-electron chi connectivity index (χ1n) is 6.47. The number of amides is 1. The van der Waals surface area contributed by atoms with Crippen LogP contribution in [0.25, 0.3) is 0 Å². The minimum atomic E-state index is -0.253. The third-order valence-corrected chi connectivity index (χ3v) is 2.81. The number of aliphatic hydroxyl groups is 1. The Balaban J connectivity index is 2.30. The Kier molecular flexibility index (Phi) is 5.02. The average Bonchev–Trinajstić information content (AvgIpc) is 2.55. The Labute approximate surface area is 123 Å². The van der Waals surface area contributed by atoms with Gasteiger partial charge in [-0.15, -0.1) is 0 Å². The van der Waals surface area contributed by atoms with E-state index in [1.807, 2.05) is 0 Å². The molecule has 106 valence electrons. The van der Waals surface area contributed by atoms with Crippen LogP contribution in [0.4, 0.5) is 5.69 Å². The molecule has 0 radical (unpaired) electrons. The van der Waals surface area contributed by atoms with E-state index in [0.717, 1.165) is 0 Å². The maximum absolute atomic E-state index is 12.5. The number of anilines is 1. The first-order chi connectivity index (χ1) is 10.2. The zero-order valence-electron chi connectivity index (χ0n) is 11.7. The summed E-state index contributed by atoms with van der Waals surface area (Å²) in [6, 6.07) is 7.02. The smallest absolute Gasteiger partial charge is 0.277 e. The molecule has 0 saturated heterocycles. The van der Waals surface area contributed by atoms with E-state index < -0.39 is 0 Å². The lowest BCUT2D eigenvalue weighted by molar-refractivity contribution is 0.0988. The molecule has 0 aliphatic rings. The van der Waals surface area contributed by atoms with Crippen molar-refractivity contribution in [2.75, 3.05) is 18.6 Å². The molecule has 5 heteroatoms. The summed E-state index contributed by atoms with van der Waals surface area (Å²) in [5.41, 5.74) is 1.52. The second-order valence-corrected chi connectivity index (χ2v) is 4.25. The topological polar surface area (TPSA) is 66.3 Å². The van der Waals surface area contributed by atoms with Crippen LogP contribution in [0, 0.1) is 11.8 Å². The molecule has 1 amide bonds. The van der Waals surface area contributed by atoms with Gasteiger partial charge in [-0.1, -0.05) is 11.8 Å². The second kappa shape index (κ2) is 7.17. The zero-order valence-corrected chi connectivity index (χ0v) is 11.7. The third-order valence-electron chi connectivity index (χ3n) is 2.81. The molecule has 21 heavy (non-hydrogen) atoms. The predicted molar refractivity (Wildman–Crippen MR) is 79.8 cm³/mol. The largest absolute Gasteiger partial charge is 0.395 e. The van der Waals surface area contributed by atoms with Crippen molar-refractivity contribution in [3.63, 3.8) is 0 Å². The number of aliphatic hydroxyl groups excluding tert-OH is 1. The minimum absolute atomic E-state index is 0.00781. The summed E-state index contributed by atoms with van der Waals surface area (Å²) in [6.07, 6.45) is 5.18. The van der Waals surface area contributed by atoms with Gasteiger partial charge in [0.25, 0.3) is 5.91 Å². The summed E-state index contributed by atoms with van der Waals surface area (Å²) in [7, 11) is 1.67. The lowest BCUT2D eigenvalue weighted by Gasteiger charge is -2.16. The monoisotopic (exact) mass is 281 g/mol. The van der Waals surface area contributed by atoms with Gasteiger partial charge in [-0.05, 0) is 24.3 Å². The maximum atomic E-state index is 12.5. The van der Waals surface area contributed by atoms with Crippen molar-refractivity contribution < 1.29 is 9.90 Å². The van der Waals surface area contributed by atoms with Crippen LogP contribution in [0.15, 0.2) is 42.9 Å². The first kappa shape index (κ1) is 14.7. The second-order valence-electron chi connectivity index (χ2n) is 4.25. The van der Waals surface area contributed by atoms with E-state index in [2.05, 4.69) is 21.8 Å². The highest BCUT2D eigenvalue weighted by Crippen LogP contribution is 2.14. The van der Waals surface area contributed by atoms with Gasteiger partial charge in [0.2, 0.25) is 0 Å². The van der Waals surface area contributed by atoms with E-state index in [1.54, 1.807) is 49.9 Å². The molecule has 0 saturated carbocycles. The number of hydrogen-bond donors (Lipinski definition) is 1. The van der Waals surface area contributed by atoms with Crippen LogP contribution in [0.1, 0.15) is 22.5 Å². The fraction of sp³-hybridized carbons (Fsp3) is 0.188. The zero-order chi connectivity index (χ0) is 15.1. The molecule has 2 heterocycles. The molecule has 0 fully saturated rings. The van der Waals surface area contributed by atoms with Gasteiger partial charge in [0.1, 0.15) is 5.69 Å². The highest BCUT2D eigenvalue weighted by Gasteiger charge is 2.17. The van der Waals surface area contributed by atoms with E-state index in [-0.39, 0.29) is 18.2 Å². The van der Waals surface area contributed by atoms with Crippen molar-refractivity contribution in [3.05, 3.63) is 54.1 Å². The molecule has 2 aromatic heterocycles. The van der Waals surface area contributed by atoms with Crippen LogP contribution < -0.4 is 4.90 Å². The van der Waals surface area contributed by atoms with Crippen molar-refractivity contribution in [2.24, 2.45) is 0 Å². The molecule has 0 aliphatic heterocycles. The van der Waals surface area contributed by atoms with Crippen molar-refractivity contribution in [1.29, 1.82) is 0 Å². The van der Waals surface area contributed by atoms with Gasteiger partial charge in [-0.3, -0.25) is 9.78 Å². The van der Waals surface area contributed by atoms with Crippen LogP contribution >= 0.6 is 0 Å². The van der Waals surface area contributed by atoms with Gasteiger partial charge in [0.15, 0.2) is 0 Å². The van der Waals surface area contributed by atoms with Crippen LogP contribution in [-0.4, -0.2) is 34.6 Å². The van der Waals surface area contributed by atoms with E-state index >= 15 is 0 Å². The first-order valence-corrected chi connectivity index (χ1v) is 6.47. The normalized spacial score (nSPS) is 9.62. The van der Waals surface area contributed by atoms with Gasteiger partial charge in [0.05, 0.1) is 24.1 Å². The molecular weight excluding hydrogens is 266 g/mol. The standard InChI is InChI=1S/C16H15N3O2/c1-19(14-8-5-9-17-12-14)16(21)15-13(6-2-3-11-20)7-4-10-18-15/h4-5,7-10,12,20H,3,11H2,1H3. The quantitative estimate of drug-likeness (QED) is 0.866. The molecule has 0 unspecified atom stereocenters. The fourth-order valence-electron chi connectivity index (χ4n) is 1.72. The van der Waals surface area contributed by atoms with E-state index in [4.69, 9.17) is 5.11 Å². The van der Waals surface area contributed by atoms with Gasteiger partial charge in [0, 0.05) is 25.9 Å². The highest BCUT2D eigenvalue weighted by molar-refractivity contribution is 6.05. The van der Waals surface area contributed by atoms with Gasteiger partial charge < -0.3 is 10.0 Å². The number of carbonyl (C=O) groups is 1. The summed E-state index contributed by atoms with van der Waals surface area (Å²) < 4.78 is 0. The molecule has 5 nitrogen and oxygen atoms in total. The number of carbonyl (C=O) groups excluding carboxylic acids is 1. The SMILES string of the molecule is CN(C(=O)c1ncccc1C#CCCO)c1cccnc1. The van der Waals surface area contributed by atoms with Gasteiger partial charge in [-0.2, -0.15) is 0 Å². The summed E-state index contributed by atoms with van der Waals surface area (Å²) in [4.78, 5) is 22.1. The fourth-order valence-corrected chi connectivity index (χ4v) is 1.72. The van der Waals surface area contributed by atoms with Crippen molar-refractivity contribution in [1.82, 2.24) is 9.97 Å². The number of nitrogens with zero attached hydrogens (tertiary/aromatic N) is 3. The highest BCUT2D eigenvalue weighted by atomic mass is 16.2. The Bertz CT molecular complexity index is 675. The maximum Gasteiger partial charge on any atom is 0.277 e. The predicted octanol–water partition coefficient (Wildman–Crippen LogP) is 1.49. The minimum Gasteiger partial charge on any atom is -0.395 e. The Morgan fingerprint density at radius 1 is 1.33 bits per heavy atom. The molecule has 0 aromatic carbocycles. The third kappa shape index (κ3) is 3.65. The molecule has 0 spiro atoms. The lowest BCUT2D eigenvalue weighted by Crippen LogP contribution is -2.28. The molecule has 2 rings (SSSR count). The summed E-state index contributed by atoms with van der Waals surface area (Å²) in [5, 5.41) is 8.76. The number of rotatable bonds is 3. The van der Waals surface area contributed by atoms with Gasteiger partial charge in [-0.25, -0.2) is 4.98 Å². The summed E-state index contributed by atoms with van der Waals surface area (Å²) >= 11 is 0. The van der Waals surface area contributed by atoms with E-state index in [0.29, 0.717) is 17.7 Å². The van der Waals surface area contributed by atoms with Gasteiger partial charge >= 0.3 is 0 Å².